The first kappa shape index (κ1) is 17.1. The first-order valence-electron chi connectivity index (χ1n) is 6.20. The van der Waals surface area contributed by atoms with Gasteiger partial charge < -0.3 is 5.11 Å². The highest BCUT2D eigenvalue weighted by Crippen LogP contribution is 2.25. The van der Waals surface area contributed by atoms with Gasteiger partial charge in [-0.15, -0.1) is 0 Å². The van der Waals surface area contributed by atoms with Crippen LogP contribution in [-0.4, -0.2) is 36.4 Å². The molecule has 0 aliphatic carbocycles. The number of rotatable bonds is 6. The molecular formula is C13H18BrNO4S. The summed E-state index contributed by atoms with van der Waals surface area (Å²) in [5.41, 5.74) is 0.590. The van der Waals surface area contributed by atoms with E-state index in [1.54, 1.807) is 26.0 Å². The van der Waals surface area contributed by atoms with Gasteiger partial charge in [0.25, 0.3) is 0 Å². The summed E-state index contributed by atoms with van der Waals surface area (Å²) in [7, 11) is -3.84. The summed E-state index contributed by atoms with van der Waals surface area (Å²) in [6.07, 6.45) is 0.541. The zero-order valence-corrected chi connectivity index (χ0v) is 14.0. The highest BCUT2D eigenvalue weighted by molar-refractivity contribution is 9.10. The largest absolute Gasteiger partial charge is 0.480 e. The van der Waals surface area contributed by atoms with Gasteiger partial charge >= 0.3 is 5.97 Å². The van der Waals surface area contributed by atoms with Crippen molar-refractivity contribution in [2.75, 3.05) is 6.54 Å². The molecule has 0 saturated heterocycles. The number of carboxylic acids is 1. The highest BCUT2D eigenvalue weighted by atomic mass is 79.9. The van der Waals surface area contributed by atoms with Crippen LogP contribution in [0, 0.1) is 6.92 Å². The number of aliphatic carboxylic acids is 1. The first-order valence-corrected chi connectivity index (χ1v) is 8.43. The number of aryl methyl sites for hydroxylation is 1. The maximum atomic E-state index is 12.7. The predicted octanol–water partition coefficient (Wildman–Crippen LogP) is 2.63. The lowest BCUT2D eigenvalue weighted by molar-refractivity contribution is -0.137. The van der Waals surface area contributed by atoms with E-state index in [4.69, 9.17) is 5.11 Å². The lowest BCUT2D eigenvalue weighted by Crippen LogP contribution is -2.42. The van der Waals surface area contributed by atoms with Crippen LogP contribution >= 0.6 is 15.9 Å². The molecule has 1 rings (SSSR count). The molecular weight excluding hydrogens is 346 g/mol. The van der Waals surface area contributed by atoms with Crippen LogP contribution in [0.5, 0.6) is 0 Å². The standard InChI is InChI=1S/C13H18BrNO4S/c1-4-10(3)15(8-13(16)17)20(18,19)12-7-11(14)6-5-9(12)2/h5-7,10H,4,8H2,1-3H3,(H,16,17). The minimum atomic E-state index is -3.84. The second kappa shape index (κ2) is 6.69. The molecule has 0 spiro atoms. The monoisotopic (exact) mass is 363 g/mol. The van der Waals surface area contributed by atoms with Gasteiger partial charge in [-0.25, -0.2) is 8.42 Å². The summed E-state index contributed by atoms with van der Waals surface area (Å²) in [6.45, 7) is 4.68. The van der Waals surface area contributed by atoms with Gasteiger partial charge in [-0.2, -0.15) is 4.31 Å². The van der Waals surface area contributed by atoms with Crippen molar-refractivity contribution >= 4 is 31.9 Å². The van der Waals surface area contributed by atoms with Crippen molar-refractivity contribution in [2.45, 2.75) is 38.1 Å². The second-order valence-electron chi connectivity index (χ2n) is 4.61. The van der Waals surface area contributed by atoms with E-state index < -0.39 is 22.5 Å². The molecule has 1 unspecified atom stereocenters. The normalized spacial score (nSPS) is 13.4. The first-order chi connectivity index (χ1) is 9.20. The van der Waals surface area contributed by atoms with E-state index in [2.05, 4.69) is 15.9 Å². The third-order valence-corrected chi connectivity index (χ3v) is 5.71. The van der Waals surface area contributed by atoms with Crippen LogP contribution in [0.4, 0.5) is 0 Å². The van der Waals surface area contributed by atoms with E-state index in [1.807, 2.05) is 6.92 Å². The lowest BCUT2D eigenvalue weighted by Gasteiger charge is -2.26. The van der Waals surface area contributed by atoms with Crippen molar-refractivity contribution in [2.24, 2.45) is 0 Å². The molecule has 1 aromatic carbocycles. The molecule has 0 amide bonds. The van der Waals surface area contributed by atoms with E-state index in [1.165, 1.54) is 6.07 Å². The van der Waals surface area contributed by atoms with Crippen LogP contribution in [0.15, 0.2) is 27.6 Å². The Bertz CT molecular complexity index is 600. The molecule has 0 aromatic heterocycles. The summed E-state index contributed by atoms with van der Waals surface area (Å²) in [5, 5.41) is 8.95. The van der Waals surface area contributed by atoms with Crippen LogP contribution in [0.25, 0.3) is 0 Å². The molecule has 0 bridgehead atoms. The number of carboxylic acid groups (broad SMARTS) is 1. The summed E-state index contributed by atoms with van der Waals surface area (Å²) in [5.74, 6) is -1.17. The van der Waals surface area contributed by atoms with E-state index in [0.29, 0.717) is 16.5 Å². The molecule has 0 fully saturated rings. The third-order valence-electron chi connectivity index (χ3n) is 3.11. The third kappa shape index (κ3) is 3.80. The predicted molar refractivity (Wildman–Crippen MR) is 80.2 cm³/mol. The van der Waals surface area contributed by atoms with Crippen molar-refractivity contribution in [1.29, 1.82) is 0 Å². The summed E-state index contributed by atoms with van der Waals surface area (Å²) >= 11 is 3.24. The number of sulfonamides is 1. The van der Waals surface area contributed by atoms with Gasteiger partial charge in [-0.3, -0.25) is 4.79 Å². The van der Waals surface area contributed by atoms with Gasteiger partial charge in [0, 0.05) is 10.5 Å². The van der Waals surface area contributed by atoms with Crippen LogP contribution < -0.4 is 0 Å². The average molecular weight is 364 g/mol. The minimum Gasteiger partial charge on any atom is -0.480 e. The van der Waals surface area contributed by atoms with Crippen molar-refractivity contribution in [3.63, 3.8) is 0 Å². The van der Waals surface area contributed by atoms with E-state index in [-0.39, 0.29) is 10.9 Å². The highest BCUT2D eigenvalue weighted by Gasteiger charge is 2.31. The zero-order valence-electron chi connectivity index (χ0n) is 11.6. The Morgan fingerprint density at radius 2 is 2.05 bits per heavy atom. The number of halogens is 1. The van der Waals surface area contributed by atoms with Crippen molar-refractivity contribution in [3.05, 3.63) is 28.2 Å². The maximum absolute atomic E-state index is 12.7. The fourth-order valence-corrected chi connectivity index (χ4v) is 4.21. The fraction of sp³-hybridized carbons (Fsp3) is 0.462. The molecule has 112 valence electrons. The quantitative estimate of drug-likeness (QED) is 0.842. The molecule has 0 aliphatic rings. The summed E-state index contributed by atoms with van der Waals surface area (Å²) in [4.78, 5) is 11.1. The number of carbonyl (C=O) groups is 1. The fourth-order valence-electron chi connectivity index (χ4n) is 1.79. The van der Waals surface area contributed by atoms with E-state index in [0.717, 1.165) is 4.31 Å². The number of hydrogen-bond donors (Lipinski definition) is 1. The molecule has 1 atom stereocenters. The van der Waals surface area contributed by atoms with Gasteiger partial charge in [0.1, 0.15) is 6.54 Å². The van der Waals surface area contributed by atoms with Crippen LogP contribution in [-0.2, 0) is 14.8 Å². The van der Waals surface area contributed by atoms with Gasteiger partial charge in [-0.05, 0) is 38.0 Å². The molecule has 20 heavy (non-hydrogen) atoms. The van der Waals surface area contributed by atoms with E-state index >= 15 is 0 Å². The Morgan fingerprint density at radius 1 is 1.45 bits per heavy atom. The number of nitrogens with zero attached hydrogens (tertiary/aromatic N) is 1. The van der Waals surface area contributed by atoms with Crippen molar-refractivity contribution < 1.29 is 18.3 Å². The Morgan fingerprint density at radius 3 is 2.55 bits per heavy atom. The molecule has 5 nitrogen and oxygen atoms in total. The number of benzene rings is 1. The topological polar surface area (TPSA) is 74.7 Å². The Balaban J connectivity index is 3.35. The average Bonchev–Trinajstić information content (AvgIpc) is 2.37. The summed E-state index contributed by atoms with van der Waals surface area (Å²) < 4.78 is 27.0. The van der Waals surface area contributed by atoms with Crippen LogP contribution in [0.1, 0.15) is 25.8 Å². The zero-order chi connectivity index (χ0) is 15.5. The van der Waals surface area contributed by atoms with Crippen molar-refractivity contribution in [1.82, 2.24) is 4.31 Å². The van der Waals surface area contributed by atoms with Crippen LogP contribution in [0.3, 0.4) is 0 Å². The Kier molecular flexibility index (Phi) is 5.73. The Hall–Kier alpha value is -0.920. The van der Waals surface area contributed by atoms with E-state index in [9.17, 15) is 13.2 Å². The molecule has 0 heterocycles. The lowest BCUT2D eigenvalue weighted by atomic mass is 10.2. The van der Waals surface area contributed by atoms with Gasteiger partial charge in [0.15, 0.2) is 0 Å². The minimum absolute atomic E-state index is 0.133. The molecule has 0 radical (unpaired) electrons. The molecule has 7 heteroatoms. The smallest absolute Gasteiger partial charge is 0.318 e. The SMILES string of the molecule is CCC(C)N(CC(=O)O)S(=O)(=O)c1cc(Br)ccc1C. The van der Waals surface area contributed by atoms with Gasteiger partial charge in [0.05, 0.1) is 4.90 Å². The second-order valence-corrected chi connectivity index (χ2v) is 7.39. The van der Waals surface area contributed by atoms with Gasteiger partial charge in [-0.1, -0.05) is 28.9 Å². The van der Waals surface area contributed by atoms with Crippen LogP contribution in [0.2, 0.25) is 0 Å². The summed E-state index contributed by atoms with van der Waals surface area (Å²) in [6, 6.07) is 4.56. The molecule has 0 saturated carbocycles. The molecule has 1 N–H and O–H groups in total. The Labute approximate surface area is 127 Å². The molecule has 0 aliphatic heterocycles. The number of hydrogen-bond acceptors (Lipinski definition) is 3. The molecule has 1 aromatic rings. The maximum Gasteiger partial charge on any atom is 0.318 e. The van der Waals surface area contributed by atoms with Crippen molar-refractivity contribution in [3.8, 4) is 0 Å². The van der Waals surface area contributed by atoms with Gasteiger partial charge in [0.2, 0.25) is 10.0 Å².